The van der Waals surface area contributed by atoms with Gasteiger partial charge in [-0.2, -0.15) is 0 Å². The topological polar surface area (TPSA) is 26.0 Å². The maximum Gasteiger partial charge on any atom is 0.0979 e. The first-order valence-corrected chi connectivity index (χ1v) is 6.76. The number of nitrogens with two attached hydrogens (primary N) is 1. The first-order valence-electron chi connectivity index (χ1n) is 5.19. The van der Waals surface area contributed by atoms with Gasteiger partial charge in [-0.3, -0.25) is 0 Å². The molecule has 2 N–H and O–H groups in total. The third-order valence-electron chi connectivity index (χ3n) is 3.95. The van der Waals surface area contributed by atoms with Crippen molar-refractivity contribution in [3.05, 3.63) is 20.3 Å². The van der Waals surface area contributed by atoms with Crippen molar-refractivity contribution in [2.75, 3.05) is 0 Å². The van der Waals surface area contributed by atoms with Crippen LogP contribution in [-0.4, -0.2) is 6.04 Å². The highest BCUT2D eigenvalue weighted by Gasteiger charge is 2.49. The number of thiophene rings is 1. The number of halogens is 2. The highest BCUT2D eigenvalue weighted by molar-refractivity contribution is 7.20. The molecule has 1 nitrogen and oxygen atoms in total. The number of hydrogen-bond donors (Lipinski definition) is 1. The molecular weight excluding hydrogens is 249 g/mol. The van der Waals surface area contributed by atoms with Gasteiger partial charge in [-0.05, 0) is 35.8 Å². The Labute approximate surface area is 105 Å². The SMILES string of the molecule is CCC1(C)C(N)CC1c1cc(Cl)sc1Cl. The molecule has 3 unspecified atom stereocenters. The summed E-state index contributed by atoms with van der Waals surface area (Å²) in [4.78, 5) is 0. The quantitative estimate of drug-likeness (QED) is 0.847. The molecule has 1 aromatic heterocycles. The van der Waals surface area contributed by atoms with E-state index in [0.717, 1.165) is 21.5 Å². The summed E-state index contributed by atoms with van der Waals surface area (Å²) in [7, 11) is 0. The van der Waals surface area contributed by atoms with Crippen LogP contribution in [0.15, 0.2) is 6.07 Å². The Hall–Kier alpha value is 0.240. The molecule has 0 saturated heterocycles. The van der Waals surface area contributed by atoms with Crippen LogP contribution in [-0.2, 0) is 0 Å². The van der Waals surface area contributed by atoms with Gasteiger partial charge in [-0.15, -0.1) is 11.3 Å². The normalized spacial score (nSPS) is 35.3. The molecule has 0 amide bonds. The summed E-state index contributed by atoms with van der Waals surface area (Å²) in [5.41, 5.74) is 7.46. The van der Waals surface area contributed by atoms with Gasteiger partial charge in [-0.1, -0.05) is 37.0 Å². The highest BCUT2D eigenvalue weighted by Crippen LogP contribution is 2.56. The first kappa shape index (κ1) is 11.7. The van der Waals surface area contributed by atoms with E-state index in [2.05, 4.69) is 13.8 Å². The minimum Gasteiger partial charge on any atom is -0.327 e. The van der Waals surface area contributed by atoms with Gasteiger partial charge in [0.05, 0.1) is 8.67 Å². The van der Waals surface area contributed by atoms with E-state index in [-0.39, 0.29) is 5.41 Å². The van der Waals surface area contributed by atoms with Gasteiger partial charge in [0.1, 0.15) is 0 Å². The third kappa shape index (κ3) is 1.72. The molecule has 4 heteroatoms. The Morgan fingerprint density at radius 3 is 2.67 bits per heavy atom. The van der Waals surface area contributed by atoms with Gasteiger partial charge in [0.25, 0.3) is 0 Å². The average molecular weight is 264 g/mol. The van der Waals surface area contributed by atoms with E-state index in [0.29, 0.717) is 12.0 Å². The predicted octanol–water partition coefficient (Wildman–Crippen LogP) is 4.29. The van der Waals surface area contributed by atoms with Crippen molar-refractivity contribution in [1.82, 2.24) is 0 Å². The summed E-state index contributed by atoms with van der Waals surface area (Å²) in [6, 6.07) is 2.29. The zero-order chi connectivity index (χ0) is 11.2. The van der Waals surface area contributed by atoms with Crippen LogP contribution in [0.2, 0.25) is 8.67 Å². The van der Waals surface area contributed by atoms with Crippen LogP contribution in [0.25, 0.3) is 0 Å². The first-order chi connectivity index (χ1) is 6.99. The number of rotatable bonds is 2. The van der Waals surface area contributed by atoms with Gasteiger partial charge < -0.3 is 5.73 Å². The highest BCUT2D eigenvalue weighted by atomic mass is 35.5. The fourth-order valence-corrected chi connectivity index (χ4v) is 4.05. The van der Waals surface area contributed by atoms with Gasteiger partial charge in [0.15, 0.2) is 0 Å². The van der Waals surface area contributed by atoms with E-state index in [9.17, 15) is 0 Å². The maximum absolute atomic E-state index is 6.18. The Kier molecular flexibility index (Phi) is 3.06. The van der Waals surface area contributed by atoms with Gasteiger partial charge in [-0.25, -0.2) is 0 Å². The van der Waals surface area contributed by atoms with Crippen LogP contribution in [0.4, 0.5) is 0 Å². The lowest BCUT2D eigenvalue weighted by Crippen LogP contribution is -2.54. The lowest BCUT2D eigenvalue weighted by molar-refractivity contribution is 0.0709. The summed E-state index contributed by atoms with van der Waals surface area (Å²) in [5, 5.41) is 0. The maximum atomic E-state index is 6.18. The molecule has 2 rings (SSSR count). The van der Waals surface area contributed by atoms with Crippen molar-refractivity contribution in [1.29, 1.82) is 0 Å². The van der Waals surface area contributed by atoms with Crippen molar-refractivity contribution in [2.45, 2.75) is 38.6 Å². The lowest BCUT2D eigenvalue weighted by Gasteiger charge is -2.52. The lowest BCUT2D eigenvalue weighted by atomic mass is 9.55. The van der Waals surface area contributed by atoms with E-state index in [1.807, 2.05) is 6.07 Å². The van der Waals surface area contributed by atoms with E-state index in [4.69, 9.17) is 28.9 Å². The van der Waals surface area contributed by atoms with Crippen LogP contribution in [0.1, 0.15) is 38.2 Å². The van der Waals surface area contributed by atoms with Crippen molar-refractivity contribution >= 4 is 34.5 Å². The molecule has 0 spiro atoms. The summed E-state index contributed by atoms with van der Waals surface area (Å²) < 4.78 is 1.60. The summed E-state index contributed by atoms with van der Waals surface area (Å²) >= 11 is 13.6. The van der Waals surface area contributed by atoms with E-state index in [1.54, 1.807) is 0 Å². The molecule has 1 heterocycles. The molecule has 1 saturated carbocycles. The average Bonchev–Trinajstić information content (AvgIpc) is 2.52. The van der Waals surface area contributed by atoms with Crippen LogP contribution < -0.4 is 5.73 Å². The van der Waals surface area contributed by atoms with Crippen molar-refractivity contribution in [3.63, 3.8) is 0 Å². The molecule has 15 heavy (non-hydrogen) atoms. The van der Waals surface area contributed by atoms with Gasteiger partial charge in [0, 0.05) is 6.04 Å². The Morgan fingerprint density at radius 2 is 2.27 bits per heavy atom. The summed E-state index contributed by atoms with van der Waals surface area (Å²) in [6.45, 7) is 4.43. The van der Waals surface area contributed by atoms with Crippen LogP contribution >= 0.6 is 34.5 Å². The Balaban J connectivity index is 2.30. The molecule has 1 fully saturated rings. The fraction of sp³-hybridized carbons (Fsp3) is 0.636. The smallest absolute Gasteiger partial charge is 0.0979 e. The molecule has 1 aliphatic rings. The molecule has 1 aliphatic carbocycles. The van der Waals surface area contributed by atoms with Gasteiger partial charge >= 0.3 is 0 Å². The van der Waals surface area contributed by atoms with Crippen LogP contribution in [0.5, 0.6) is 0 Å². The van der Waals surface area contributed by atoms with Crippen LogP contribution in [0.3, 0.4) is 0 Å². The molecule has 1 aromatic rings. The Morgan fingerprint density at radius 1 is 1.60 bits per heavy atom. The fourth-order valence-electron chi connectivity index (χ4n) is 2.47. The molecular formula is C11H15Cl2NS. The van der Waals surface area contributed by atoms with Crippen LogP contribution in [0, 0.1) is 5.41 Å². The zero-order valence-electron chi connectivity index (χ0n) is 8.89. The standard InChI is InChI=1S/C11H15Cl2NS/c1-3-11(2)7(5-8(11)14)6-4-9(12)15-10(6)13/h4,7-8H,3,5,14H2,1-2H3. The zero-order valence-corrected chi connectivity index (χ0v) is 11.2. The molecule has 3 atom stereocenters. The van der Waals surface area contributed by atoms with Crippen molar-refractivity contribution < 1.29 is 0 Å². The summed E-state index contributed by atoms with van der Waals surface area (Å²) in [6.07, 6.45) is 2.11. The molecule has 0 aromatic carbocycles. The molecule has 0 aliphatic heterocycles. The van der Waals surface area contributed by atoms with Gasteiger partial charge in [0.2, 0.25) is 0 Å². The largest absolute Gasteiger partial charge is 0.327 e. The molecule has 84 valence electrons. The predicted molar refractivity (Wildman–Crippen MR) is 68.1 cm³/mol. The molecule has 0 radical (unpaired) electrons. The second-order valence-corrected chi connectivity index (χ2v) is 6.82. The van der Waals surface area contributed by atoms with Crippen molar-refractivity contribution in [2.24, 2.45) is 11.1 Å². The number of hydrogen-bond acceptors (Lipinski definition) is 2. The molecule has 0 bridgehead atoms. The monoisotopic (exact) mass is 263 g/mol. The minimum atomic E-state index is 0.189. The van der Waals surface area contributed by atoms with E-state index < -0.39 is 0 Å². The van der Waals surface area contributed by atoms with E-state index in [1.165, 1.54) is 16.9 Å². The van der Waals surface area contributed by atoms with Crippen molar-refractivity contribution in [3.8, 4) is 0 Å². The Bertz CT molecular complexity index is 377. The minimum absolute atomic E-state index is 0.189. The second-order valence-electron chi connectivity index (χ2n) is 4.53. The summed E-state index contributed by atoms with van der Waals surface area (Å²) in [5.74, 6) is 0.480. The third-order valence-corrected chi connectivity index (χ3v) is 5.47. The second kappa shape index (κ2) is 3.92. The van der Waals surface area contributed by atoms with E-state index >= 15 is 0 Å².